The van der Waals surface area contributed by atoms with Crippen molar-refractivity contribution in [3.63, 3.8) is 0 Å². The number of anilines is 1. The number of hydrogen-bond donors (Lipinski definition) is 0. The normalized spacial score (nSPS) is 13.9. The van der Waals surface area contributed by atoms with Gasteiger partial charge in [-0.15, -0.1) is 0 Å². The number of aryl methyl sites for hydroxylation is 1. The molecule has 2 aromatic rings. The monoisotopic (exact) mass is 346 g/mol. The van der Waals surface area contributed by atoms with Crippen molar-refractivity contribution in [1.82, 2.24) is 0 Å². The molecule has 4 nitrogen and oxygen atoms in total. The van der Waals surface area contributed by atoms with E-state index in [1.54, 1.807) is 12.1 Å². The second kappa shape index (κ2) is 5.85. The number of fused-ring (bicyclic) bond motifs is 1. The van der Waals surface area contributed by atoms with Crippen molar-refractivity contribution in [3.05, 3.63) is 68.2 Å². The molecule has 2 aromatic carbocycles. The highest BCUT2D eigenvalue weighted by Gasteiger charge is 2.18. The van der Waals surface area contributed by atoms with Gasteiger partial charge >= 0.3 is 0 Å². The molecule has 0 spiro atoms. The van der Waals surface area contributed by atoms with Crippen LogP contribution >= 0.6 is 15.9 Å². The highest BCUT2D eigenvalue weighted by atomic mass is 79.9. The van der Waals surface area contributed by atoms with E-state index in [4.69, 9.17) is 0 Å². The molecule has 21 heavy (non-hydrogen) atoms. The second-order valence-electron chi connectivity index (χ2n) is 5.20. The van der Waals surface area contributed by atoms with Crippen LogP contribution in [-0.4, -0.2) is 11.5 Å². The van der Waals surface area contributed by atoms with Gasteiger partial charge in [0.2, 0.25) is 0 Å². The Hall–Kier alpha value is -1.88. The zero-order valence-electron chi connectivity index (χ0n) is 11.5. The predicted molar refractivity (Wildman–Crippen MR) is 86.6 cm³/mol. The van der Waals surface area contributed by atoms with Crippen molar-refractivity contribution >= 4 is 27.3 Å². The van der Waals surface area contributed by atoms with E-state index in [-0.39, 0.29) is 10.6 Å². The van der Waals surface area contributed by atoms with E-state index in [1.807, 2.05) is 12.1 Å². The van der Waals surface area contributed by atoms with Gasteiger partial charge in [0.05, 0.1) is 9.40 Å². The zero-order chi connectivity index (χ0) is 14.8. The first-order chi connectivity index (χ1) is 10.1. The first kappa shape index (κ1) is 14.1. The number of nitro groups is 1. The Balaban J connectivity index is 1.88. The maximum atomic E-state index is 11.0. The molecule has 0 saturated heterocycles. The Morgan fingerprint density at radius 1 is 1.24 bits per heavy atom. The van der Waals surface area contributed by atoms with Crippen molar-refractivity contribution < 1.29 is 4.92 Å². The van der Waals surface area contributed by atoms with Crippen LogP contribution in [-0.2, 0) is 13.0 Å². The standard InChI is InChI=1S/C16H15BrN2O2/c17-14-8-7-12(10-16(14)19(20)21)11-18-9-3-5-13-4-1-2-6-15(13)18/h1-2,4,6-8,10H,3,5,9,11H2. The third kappa shape index (κ3) is 2.93. The molecule has 0 fully saturated rings. The average Bonchev–Trinajstić information content (AvgIpc) is 2.49. The van der Waals surface area contributed by atoms with E-state index in [2.05, 4.69) is 39.0 Å². The molecule has 0 N–H and O–H groups in total. The Morgan fingerprint density at radius 3 is 2.86 bits per heavy atom. The van der Waals surface area contributed by atoms with Gasteiger partial charge in [-0.25, -0.2) is 0 Å². The molecule has 0 bridgehead atoms. The largest absolute Gasteiger partial charge is 0.367 e. The number of hydrogen-bond acceptors (Lipinski definition) is 3. The maximum absolute atomic E-state index is 11.0. The van der Waals surface area contributed by atoms with Crippen LogP contribution < -0.4 is 4.90 Å². The molecule has 0 saturated carbocycles. The summed E-state index contributed by atoms with van der Waals surface area (Å²) in [6, 6.07) is 13.7. The summed E-state index contributed by atoms with van der Waals surface area (Å²) in [6.07, 6.45) is 2.22. The highest BCUT2D eigenvalue weighted by molar-refractivity contribution is 9.10. The molecular formula is C16H15BrN2O2. The van der Waals surface area contributed by atoms with Crippen molar-refractivity contribution in [2.24, 2.45) is 0 Å². The van der Waals surface area contributed by atoms with Crippen LogP contribution in [0.25, 0.3) is 0 Å². The number of benzene rings is 2. The lowest BCUT2D eigenvalue weighted by Crippen LogP contribution is -2.28. The molecule has 0 atom stereocenters. The molecule has 0 radical (unpaired) electrons. The van der Waals surface area contributed by atoms with E-state index in [9.17, 15) is 10.1 Å². The van der Waals surface area contributed by atoms with Gasteiger partial charge in [0.15, 0.2) is 0 Å². The third-order valence-electron chi connectivity index (χ3n) is 3.79. The summed E-state index contributed by atoms with van der Waals surface area (Å²) in [5.74, 6) is 0. The lowest BCUT2D eigenvalue weighted by Gasteiger charge is -2.31. The van der Waals surface area contributed by atoms with Gasteiger partial charge in [0, 0.05) is 24.8 Å². The van der Waals surface area contributed by atoms with Crippen LogP contribution in [0.2, 0.25) is 0 Å². The van der Waals surface area contributed by atoms with Crippen LogP contribution in [0.15, 0.2) is 46.9 Å². The molecule has 0 unspecified atom stereocenters. The van der Waals surface area contributed by atoms with Gasteiger partial charge < -0.3 is 4.90 Å². The minimum atomic E-state index is -0.349. The Bertz CT molecular complexity index is 688. The van der Waals surface area contributed by atoms with Crippen LogP contribution in [0.3, 0.4) is 0 Å². The summed E-state index contributed by atoms with van der Waals surface area (Å²) in [5.41, 5.74) is 3.68. The van der Waals surface area contributed by atoms with E-state index >= 15 is 0 Å². The third-order valence-corrected chi connectivity index (χ3v) is 4.46. The zero-order valence-corrected chi connectivity index (χ0v) is 13.0. The topological polar surface area (TPSA) is 46.4 Å². The predicted octanol–water partition coefficient (Wildman–Crippen LogP) is 4.31. The number of rotatable bonds is 3. The first-order valence-electron chi connectivity index (χ1n) is 6.91. The van der Waals surface area contributed by atoms with Crippen LogP contribution in [0.4, 0.5) is 11.4 Å². The number of nitro benzene ring substituents is 1. The van der Waals surface area contributed by atoms with E-state index < -0.39 is 0 Å². The van der Waals surface area contributed by atoms with Gasteiger partial charge in [-0.1, -0.05) is 24.3 Å². The van der Waals surface area contributed by atoms with Gasteiger partial charge in [0.1, 0.15) is 0 Å². The Morgan fingerprint density at radius 2 is 2.05 bits per heavy atom. The fraction of sp³-hybridized carbons (Fsp3) is 0.250. The number of para-hydroxylation sites is 1. The molecule has 1 aliphatic rings. The van der Waals surface area contributed by atoms with Crippen LogP contribution in [0.1, 0.15) is 17.5 Å². The molecule has 0 amide bonds. The van der Waals surface area contributed by atoms with Crippen molar-refractivity contribution in [3.8, 4) is 0 Å². The molecular weight excluding hydrogens is 332 g/mol. The average molecular weight is 347 g/mol. The van der Waals surface area contributed by atoms with Crippen LogP contribution in [0.5, 0.6) is 0 Å². The minimum Gasteiger partial charge on any atom is -0.367 e. The quantitative estimate of drug-likeness (QED) is 0.614. The van der Waals surface area contributed by atoms with E-state index in [0.29, 0.717) is 11.0 Å². The minimum absolute atomic E-state index is 0.123. The lowest BCUT2D eigenvalue weighted by atomic mass is 10.0. The van der Waals surface area contributed by atoms with Gasteiger partial charge in [0.25, 0.3) is 5.69 Å². The SMILES string of the molecule is O=[N+]([O-])c1cc(CN2CCCc3ccccc32)ccc1Br. The second-order valence-corrected chi connectivity index (χ2v) is 6.05. The van der Waals surface area contributed by atoms with Crippen molar-refractivity contribution in [2.75, 3.05) is 11.4 Å². The maximum Gasteiger partial charge on any atom is 0.283 e. The summed E-state index contributed by atoms with van der Waals surface area (Å²) >= 11 is 3.23. The van der Waals surface area contributed by atoms with E-state index in [0.717, 1.165) is 24.9 Å². The number of nitrogens with zero attached hydrogens (tertiary/aromatic N) is 2. The fourth-order valence-electron chi connectivity index (χ4n) is 2.79. The molecule has 108 valence electrons. The van der Waals surface area contributed by atoms with Crippen molar-refractivity contribution in [2.45, 2.75) is 19.4 Å². The fourth-order valence-corrected chi connectivity index (χ4v) is 3.18. The molecule has 0 aromatic heterocycles. The smallest absolute Gasteiger partial charge is 0.283 e. The van der Waals surface area contributed by atoms with Crippen molar-refractivity contribution in [1.29, 1.82) is 0 Å². The van der Waals surface area contributed by atoms with Crippen LogP contribution in [0, 0.1) is 10.1 Å². The van der Waals surface area contributed by atoms with Gasteiger partial charge in [-0.05, 0) is 52.0 Å². The number of halogens is 1. The molecule has 5 heteroatoms. The summed E-state index contributed by atoms with van der Waals surface area (Å²) in [7, 11) is 0. The molecule has 1 heterocycles. The Kier molecular flexibility index (Phi) is 3.92. The van der Waals surface area contributed by atoms with Gasteiger partial charge in [-0.2, -0.15) is 0 Å². The van der Waals surface area contributed by atoms with Gasteiger partial charge in [-0.3, -0.25) is 10.1 Å². The van der Waals surface area contributed by atoms with E-state index in [1.165, 1.54) is 11.3 Å². The summed E-state index contributed by atoms with van der Waals surface area (Å²) < 4.78 is 0.523. The Labute approximate surface area is 131 Å². The summed E-state index contributed by atoms with van der Waals surface area (Å²) in [6.45, 7) is 1.69. The summed E-state index contributed by atoms with van der Waals surface area (Å²) in [5, 5.41) is 11.0. The molecule has 0 aliphatic carbocycles. The summed E-state index contributed by atoms with van der Waals surface area (Å²) in [4.78, 5) is 13.0. The molecule has 3 rings (SSSR count). The lowest BCUT2D eigenvalue weighted by molar-refractivity contribution is -0.385. The molecule has 1 aliphatic heterocycles. The first-order valence-corrected chi connectivity index (χ1v) is 7.70. The highest BCUT2D eigenvalue weighted by Crippen LogP contribution is 2.30.